The molecule has 0 aliphatic heterocycles. The summed E-state index contributed by atoms with van der Waals surface area (Å²) in [5.41, 5.74) is 0. The van der Waals surface area contributed by atoms with Crippen molar-refractivity contribution in [3.8, 4) is 17.2 Å². The van der Waals surface area contributed by atoms with Crippen molar-refractivity contribution in [2.45, 2.75) is 0 Å². The van der Waals surface area contributed by atoms with Crippen LogP contribution >= 0.6 is 0 Å². The molecule has 0 fully saturated rings. The standard InChI is InChI=1S/C9H12O3.3BF4/c1-10-7-5-4-6-8(11-2)9(7)12-3;3*2-1(3,4)5/h4-6H,1-3H3;;;/q;3*-1. The molecule has 27 heavy (non-hydrogen) atoms. The highest BCUT2D eigenvalue weighted by Gasteiger charge is 2.21. The van der Waals surface area contributed by atoms with Gasteiger partial charge in [0.15, 0.2) is 11.5 Å². The van der Waals surface area contributed by atoms with Crippen molar-refractivity contribution in [3.63, 3.8) is 0 Å². The highest BCUT2D eigenvalue weighted by atomic mass is 19.5. The van der Waals surface area contributed by atoms with Crippen molar-refractivity contribution in [1.29, 1.82) is 0 Å². The van der Waals surface area contributed by atoms with Crippen LogP contribution in [0.1, 0.15) is 0 Å². The molecule has 1 rings (SSSR count). The molecule has 0 aliphatic carbocycles. The minimum atomic E-state index is -6.00. The van der Waals surface area contributed by atoms with Gasteiger partial charge in [-0.2, -0.15) is 0 Å². The van der Waals surface area contributed by atoms with Gasteiger partial charge in [0.1, 0.15) is 0 Å². The Bertz CT molecular complexity index is 437. The van der Waals surface area contributed by atoms with Crippen molar-refractivity contribution in [1.82, 2.24) is 0 Å². The van der Waals surface area contributed by atoms with E-state index >= 15 is 0 Å². The van der Waals surface area contributed by atoms with Crippen LogP contribution in [0.5, 0.6) is 17.2 Å². The Hall–Kier alpha value is -2.03. The van der Waals surface area contributed by atoms with Crippen LogP contribution in [0.3, 0.4) is 0 Å². The maximum Gasteiger partial charge on any atom is 0.673 e. The summed E-state index contributed by atoms with van der Waals surface area (Å²) in [6.45, 7) is 0. The van der Waals surface area contributed by atoms with E-state index in [9.17, 15) is 51.8 Å². The van der Waals surface area contributed by atoms with Crippen molar-refractivity contribution in [2.75, 3.05) is 21.3 Å². The molecule has 0 radical (unpaired) electrons. The monoisotopic (exact) mass is 429 g/mol. The first kappa shape index (κ1) is 29.7. The summed E-state index contributed by atoms with van der Waals surface area (Å²) >= 11 is 0. The molecule has 0 aliphatic rings. The zero-order chi connectivity index (χ0) is 22.5. The summed E-state index contributed by atoms with van der Waals surface area (Å²) < 4.78 is 132. The van der Waals surface area contributed by atoms with E-state index in [1.54, 1.807) is 21.3 Å². The van der Waals surface area contributed by atoms with Crippen LogP contribution in [0, 0.1) is 0 Å². The lowest BCUT2D eigenvalue weighted by Crippen LogP contribution is -2.02. The first-order chi connectivity index (χ1) is 11.8. The molecule has 1 aromatic carbocycles. The Kier molecular flexibility index (Phi) is 14.5. The Morgan fingerprint density at radius 1 is 0.519 bits per heavy atom. The third kappa shape index (κ3) is 35.8. The van der Waals surface area contributed by atoms with E-state index in [0.29, 0.717) is 17.2 Å². The van der Waals surface area contributed by atoms with Crippen LogP contribution < -0.4 is 14.2 Å². The van der Waals surface area contributed by atoms with Gasteiger partial charge in [0.05, 0.1) is 21.3 Å². The minimum Gasteiger partial charge on any atom is -0.493 e. The fourth-order valence-electron chi connectivity index (χ4n) is 1.02. The summed E-state index contributed by atoms with van der Waals surface area (Å²) in [6, 6.07) is 5.49. The molecule has 0 saturated heterocycles. The van der Waals surface area contributed by atoms with E-state index in [-0.39, 0.29) is 0 Å². The van der Waals surface area contributed by atoms with Gasteiger partial charge in [-0.1, -0.05) is 6.07 Å². The van der Waals surface area contributed by atoms with Crippen LogP contribution in [0.2, 0.25) is 0 Å². The molecule has 1 aromatic rings. The first-order valence-electron chi connectivity index (χ1n) is 6.20. The van der Waals surface area contributed by atoms with Crippen LogP contribution in [-0.2, 0) is 0 Å². The molecule has 0 amide bonds. The average molecular weight is 429 g/mol. The Morgan fingerprint density at radius 3 is 0.889 bits per heavy atom. The molecule has 3 nitrogen and oxygen atoms in total. The quantitative estimate of drug-likeness (QED) is 0.462. The average Bonchev–Trinajstić information content (AvgIpc) is 2.40. The predicted molar refractivity (Wildman–Crippen MR) is 76.7 cm³/mol. The molecule has 0 unspecified atom stereocenters. The summed E-state index contributed by atoms with van der Waals surface area (Å²) in [7, 11) is -13.2. The lowest BCUT2D eigenvalue weighted by atomic mass is 10.3. The number of para-hydroxylation sites is 1. The van der Waals surface area contributed by atoms with Gasteiger partial charge in [0.25, 0.3) is 0 Å². The zero-order valence-corrected chi connectivity index (χ0v) is 13.7. The maximum atomic E-state index is 9.75. The van der Waals surface area contributed by atoms with E-state index in [2.05, 4.69) is 0 Å². The Morgan fingerprint density at radius 2 is 0.741 bits per heavy atom. The lowest BCUT2D eigenvalue weighted by Gasteiger charge is -2.10. The van der Waals surface area contributed by atoms with E-state index in [0.717, 1.165) is 0 Å². The van der Waals surface area contributed by atoms with E-state index in [4.69, 9.17) is 14.2 Å². The van der Waals surface area contributed by atoms with Gasteiger partial charge in [-0.3, -0.25) is 0 Å². The lowest BCUT2D eigenvalue weighted by molar-refractivity contribution is 0.324. The third-order valence-corrected chi connectivity index (χ3v) is 1.59. The molecular weight excluding hydrogens is 417 g/mol. The second-order valence-corrected chi connectivity index (χ2v) is 3.68. The molecule has 0 heterocycles. The Labute approximate surface area is 145 Å². The largest absolute Gasteiger partial charge is 0.673 e. The van der Waals surface area contributed by atoms with Gasteiger partial charge in [-0.05, 0) is 12.1 Å². The summed E-state index contributed by atoms with van der Waals surface area (Å²) in [4.78, 5) is 0. The topological polar surface area (TPSA) is 27.7 Å². The molecule has 0 bridgehead atoms. The molecule has 0 aromatic heterocycles. The zero-order valence-electron chi connectivity index (χ0n) is 13.7. The van der Waals surface area contributed by atoms with Crippen LogP contribution in [0.4, 0.5) is 51.8 Å². The molecule has 0 spiro atoms. The molecule has 0 atom stereocenters. The molecule has 162 valence electrons. The number of benzene rings is 1. The maximum absolute atomic E-state index is 9.75. The van der Waals surface area contributed by atoms with E-state index in [1.165, 1.54) is 0 Å². The normalized spacial score (nSPS) is 10.8. The van der Waals surface area contributed by atoms with Gasteiger partial charge in [0.2, 0.25) is 5.75 Å². The second-order valence-electron chi connectivity index (χ2n) is 3.68. The third-order valence-electron chi connectivity index (χ3n) is 1.59. The van der Waals surface area contributed by atoms with Crippen molar-refractivity contribution < 1.29 is 66.0 Å². The van der Waals surface area contributed by atoms with Crippen LogP contribution in [0.15, 0.2) is 18.2 Å². The van der Waals surface area contributed by atoms with Gasteiger partial charge in [-0.25, -0.2) is 0 Å². The van der Waals surface area contributed by atoms with Gasteiger partial charge in [-0.15, -0.1) is 0 Å². The molecule has 0 N–H and O–H groups in total. The fraction of sp³-hybridized carbons (Fsp3) is 0.333. The SMILES string of the molecule is COc1cccc(OC)c1OC.F[B-](F)(F)F.F[B-](F)(F)F.F[B-](F)(F)F. The van der Waals surface area contributed by atoms with Crippen molar-refractivity contribution >= 4 is 21.8 Å². The highest BCUT2D eigenvalue weighted by Crippen LogP contribution is 2.35. The Balaban J connectivity index is -0.000000323. The highest BCUT2D eigenvalue weighted by molar-refractivity contribution is 6.50. The smallest absolute Gasteiger partial charge is 0.493 e. The number of hydrogen-bond acceptors (Lipinski definition) is 3. The van der Waals surface area contributed by atoms with E-state index < -0.39 is 21.8 Å². The van der Waals surface area contributed by atoms with Crippen molar-refractivity contribution in [3.05, 3.63) is 18.2 Å². The molecule has 18 heteroatoms. The second kappa shape index (κ2) is 13.2. The van der Waals surface area contributed by atoms with Gasteiger partial charge >= 0.3 is 21.8 Å². The molecule has 0 saturated carbocycles. The van der Waals surface area contributed by atoms with Crippen LogP contribution in [0.25, 0.3) is 0 Å². The number of rotatable bonds is 3. The summed E-state index contributed by atoms with van der Waals surface area (Å²) in [5.74, 6) is 1.98. The minimum absolute atomic E-state index is 0.627. The van der Waals surface area contributed by atoms with Crippen LogP contribution in [-0.4, -0.2) is 43.1 Å². The number of halogens is 12. The number of methoxy groups -OCH3 is 3. The fourth-order valence-corrected chi connectivity index (χ4v) is 1.02. The predicted octanol–water partition coefficient (Wildman–Crippen LogP) is 5.61. The first-order valence-corrected chi connectivity index (χ1v) is 6.20. The van der Waals surface area contributed by atoms with Crippen molar-refractivity contribution in [2.24, 2.45) is 0 Å². The van der Waals surface area contributed by atoms with Gasteiger partial charge in [0, 0.05) is 0 Å². The molecular formula is C9H12B3F12O3-3. The van der Waals surface area contributed by atoms with E-state index in [1.807, 2.05) is 18.2 Å². The number of hydrogen-bond donors (Lipinski definition) is 0. The van der Waals surface area contributed by atoms with Gasteiger partial charge < -0.3 is 66.0 Å². The number of ether oxygens (including phenoxy) is 3. The summed E-state index contributed by atoms with van der Waals surface area (Å²) in [5, 5.41) is 0. The summed E-state index contributed by atoms with van der Waals surface area (Å²) in [6.07, 6.45) is 0.